The molecular formula is C23H27N3O4. The summed E-state index contributed by atoms with van der Waals surface area (Å²) in [5, 5.41) is 3.00. The van der Waals surface area contributed by atoms with E-state index in [1.54, 1.807) is 4.90 Å². The number of carbonyl (C=O) groups excluding carboxylic acids is 2. The van der Waals surface area contributed by atoms with Gasteiger partial charge in [0.05, 0.1) is 32.0 Å². The first-order valence-electron chi connectivity index (χ1n) is 10.3. The Morgan fingerprint density at radius 2 is 1.87 bits per heavy atom. The number of para-hydroxylation sites is 2. The molecule has 0 unspecified atom stereocenters. The van der Waals surface area contributed by atoms with Gasteiger partial charge >= 0.3 is 0 Å². The second-order valence-electron chi connectivity index (χ2n) is 7.76. The van der Waals surface area contributed by atoms with Crippen molar-refractivity contribution in [2.75, 3.05) is 49.6 Å². The highest BCUT2D eigenvalue weighted by Crippen LogP contribution is 2.33. The number of aryl methyl sites for hydroxylation is 2. The van der Waals surface area contributed by atoms with E-state index in [-0.39, 0.29) is 18.4 Å². The van der Waals surface area contributed by atoms with Gasteiger partial charge in [0.2, 0.25) is 5.91 Å². The van der Waals surface area contributed by atoms with Crippen LogP contribution in [0.2, 0.25) is 0 Å². The highest BCUT2D eigenvalue weighted by molar-refractivity contribution is 5.95. The first kappa shape index (κ1) is 20.2. The fourth-order valence-electron chi connectivity index (χ4n) is 3.81. The van der Waals surface area contributed by atoms with E-state index < -0.39 is 6.10 Å². The third kappa shape index (κ3) is 4.41. The molecule has 2 heterocycles. The summed E-state index contributed by atoms with van der Waals surface area (Å²) in [4.78, 5) is 29.5. The lowest BCUT2D eigenvalue weighted by atomic mass is 10.1. The van der Waals surface area contributed by atoms with Crippen LogP contribution in [-0.4, -0.2) is 62.2 Å². The zero-order valence-electron chi connectivity index (χ0n) is 17.4. The molecule has 2 aromatic rings. The fraction of sp³-hybridized carbons (Fsp3) is 0.391. The molecule has 0 bridgehead atoms. The molecule has 1 N–H and O–H groups in total. The van der Waals surface area contributed by atoms with Crippen LogP contribution in [0.4, 0.5) is 11.4 Å². The standard InChI is InChI=1S/C23H27N3O4/c1-16-7-8-17(2)18(13-16)24-22(27)15-26-14-21(23(28)25-9-11-29-12-10-25)30-20-6-4-3-5-19(20)26/h3-8,13,21H,9-12,14-15H2,1-2H3,(H,24,27)/t21-/m0/s1. The second kappa shape index (κ2) is 8.75. The van der Waals surface area contributed by atoms with Gasteiger partial charge < -0.3 is 24.6 Å². The number of carbonyl (C=O) groups is 2. The molecule has 0 aliphatic carbocycles. The maximum atomic E-state index is 13.0. The van der Waals surface area contributed by atoms with Gasteiger partial charge in [-0.1, -0.05) is 24.3 Å². The topological polar surface area (TPSA) is 71.1 Å². The molecular weight excluding hydrogens is 382 g/mol. The number of nitrogens with one attached hydrogen (secondary N) is 1. The Bertz CT molecular complexity index is 940. The van der Waals surface area contributed by atoms with Crippen LogP contribution >= 0.6 is 0 Å². The van der Waals surface area contributed by atoms with E-state index in [0.29, 0.717) is 38.6 Å². The number of amides is 2. The van der Waals surface area contributed by atoms with Crippen molar-refractivity contribution in [3.05, 3.63) is 53.6 Å². The molecule has 2 aliphatic heterocycles. The molecule has 1 atom stereocenters. The van der Waals surface area contributed by atoms with Crippen LogP contribution in [0, 0.1) is 13.8 Å². The van der Waals surface area contributed by atoms with Gasteiger partial charge in [0, 0.05) is 18.8 Å². The lowest BCUT2D eigenvalue weighted by Crippen LogP contribution is -2.53. The molecule has 4 rings (SSSR count). The van der Waals surface area contributed by atoms with Gasteiger partial charge in [-0.15, -0.1) is 0 Å². The molecule has 2 aromatic carbocycles. The zero-order valence-corrected chi connectivity index (χ0v) is 17.4. The number of morpholine rings is 1. The highest BCUT2D eigenvalue weighted by atomic mass is 16.5. The average molecular weight is 409 g/mol. The molecule has 0 spiro atoms. The van der Waals surface area contributed by atoms with Gasteiger partial charge in [-0.2, -0.15) is 0 Å². The van der Waals surface area contributed by atoms with Crippen molar-refractivity contribution in [2.24, 2.45) is 0 Å². The van der Waals surface area contributed by atoms with E-state index in [1.165, 1.54) is 0 Å². The number of fused-ring (bicyclic) bond motifs is 1. The number of benzene rings is 2. The molecule has 7 heteroatoms. The van der Waals surface area contributed by atoms with E-state index in [4.69, 9.17) is 9.47 Å². The maximum absolute atomic E-state index is 13.0. The lowest BCUT2D eigenvalue weighted by Gasteiger charge is -2.38. The Kier molecular flexibility index (Phi) is 5.90. The number of anilines is 2. The highest BCUT2D eigenvalue weighted by Gasteiger charge is 2.34. The van der Waals surface area contributed by atoms with Crippen LogP contribution in [-0.2, 0) is 14.3 Å². The van der Waals surface area contributed by atoms with Gasteiger partial charge in [0.1, 0.15) is 5.75 Å². The Labute approximate surface area is 176 Å². The van der Waals surface area contributed by atoms with E-state index in [0.717, 1.165) is 22.5 Å². The van der Waals surface area contributed by atoms with E-state index in [9.17, 15) is 9.59 Å². The average Bonchev–Trinajstić information content (AvgIpc) is 2.76. The molecule has 2 amide bonds. The molecule has 2 aliphatic rings. The third-order valence-electron chi connectivity index (χ3n) is 5.46. The summed E-state index contributed by atoms with van der Waals surface area (Å²) in [6.45, 7) is 6.63. The zero-order chi connectivity index (χ0) is 21.1. The molecule has 0 saturated carbocycles. The van der Waals surface area contributed by atoms with Crippen molar-refractivity contribution in [1.82, 2.24) is 4.90 Å². The summed E-state index contributed by atoms with van der Waals surface area (Å²) in [5.41, 5.74) is 3.72. The van der Waals surface area contributed by atoms with Crippen LogP contribution in [0.1, 0.15) is 11.1 Å². The maximum Gasteiger partial charge on any atom is 0.265 e. The van der Waals surface area contributed by atoms with E-state index >= 15 is 0 Å². The van der Waals surface area contributed by atoms with Crippen molar-refractivity contribution in [1.29, 1.82) is 0 Å². The third-order valence-corrected chi connectivity index (χ3v) is 5.46. The Hall–Kier alpha value is -3.06. The van der Waals surface area contributed by atoms with Crippen LogP contribution in [0.5, 0.6) is 5.75 Å². The normalized spacial score (nSPS) is 18.4. The van der Waals surface area contributed by atoms with Gasteiger partial charge in [0.15, 0.2) is 6.10 Å². The molecule has 1 saturated heterocycles. The largest absolute Gasteiger partial charge is 0.477 e. The first-order valence-corrected chi connectivity index (χ1v) is 10.3. The van der Waals surface area contributed by atoms with Crippen LogP contribution in [0.25, 0.3) is 0 Å². The molecule has 1 fully saturated rings. The number of rotatable bonds is 4. The minimum absolute atomic E-state index is 0.0623. The van der Waals surface area contributed by atoms with Crippen molar-refractivity contribution in [2.45, 2.75) is 20.0 Å². The van der Waals surface area contributed by atoms with Crippen LogP contribution in [0.3, 0.4) is 0 Å². The monoisotopic (exact) mass is 409 g/mol. The second-order valence-corrected chi connectivity index (χ2v) is 7.76. The van der Waals surface area contributed by atoms with Crippen molar-refractivity contribution in [3.63, 3.8) is 0 Å². The number of nitrogens with zero attached hydrogens (tertiary/aromatic N) is 2. The minimum atomic E-state index is -0.647. The number of hydrogen-bond acceptors (Lipinski definition) is 5. The van der Waals surface area contributed by atoms with Crippen LogP contribution < -0.4 is 15.0 Å². The minimum Gasteiger partial charge on any atom is -0.477 e. The lowest BCUT2D eigenvalue weighted by molar-refractivity contribution is -0.142. The van der Waals surface area contributed by atoms with Crippen molar-refractivity contribution < 1.29 is 19.1 Å². The molecule has 158 valence electrons. The van der Waals surface area contributed by atoms with Crippen molar-refractivity contribution >= 4 is 23.2 Å². The summed E-state index contributed by atoms with van der Waals surface area (Å²) in [5.74, 6) is 0.431. The first-order chi connectivity index (χ1) is 14.5. The van der Waals surface area contributed by atoms with Gasteiger partial charge in [0.25, 0.3) is 5.91 Å². The summed E-state index contributed by atoms with van der Waals surface area (Å²) >= 11 is 0. The predicted octanol–water partition coefficient (Wildman–Crippen LogP) is 2.37. The fourth-order valence-corrected chi connectivity index (χ4v) is 3.81. The summed E-state index contributed by atoms with van der Waals surface area (Å²) < 4.78 is 11.4. The predicted molar refractivity (Wildman–Crippen MR) is 115 cm³/mol. The van der Waals surface area contributed by atoms with Gasteiger partial charge in [-0.05, 0) is 43.2 Å². The Morgan fingerprint density at radius 3 is 2.67 bits per heavy atom. The summed E-state index contributed by atoms with van der Waals surface area (Å²) in [6, 6.07) is 13.5. The van der Waals surface area contributed by atoms with E-state index in [2.05, 4.69) is 5.32 Å². The van der Waals surface area contributed by atoms with Gasteiger partial charge in [-0.3, -0.25) is 9.59 Å². The summed E-state index contributed by atoms with van der Waals surface area (Å²) in [6.07, 6.45) is -0.647. The molecule has 30 heavy (non-hydrogen) atoms. The number of ether oxygens (including phenoxy) is 2. The molecule has 7 nitrogen and oxygen atoms in total. The van der Waals surface area contributed by atoms with Crippen LogP contribution in [0.15, 0.2) is 42.5 Å². The van der Waals surface area contributed by atoms with Gasteiger partial charge in [-0.25, -0.2) is 0 Å². The quantitative estimate of drug-likeness (QED) is 0.840. The number of hydrogen-bond donors (Lipinski definition) is 1. The van der Waals surface area contributed by atoms with E-state index in [1.807, 2.05) is 61.2 Å². The summed E-state index contributed by atoms with van der Waals surface area (Å²) in [7, 11) is 0. The molecule has 0 radical (unpaired) electrons. The Balaban J connectivity index is 1.50. The smallest absolute Gasteiger partial charge is 0.265 e. The molecule has 0 aromatic heterocycles. The SMILES string of the molecule is Cc1ccc(C)c(NC(=O)CN2C[C@@H](C(=O)N3CCOCC3)Oc3ccccc32)c1. The van der Waals surface area contributed by atoms with Crippen molar-refractivity contribution in [3.8, 4) is 5.75 Å². The Morgan fingerprint density at radius 1 is 1.10 bits per heavy atom.